The lowest BCUT2D eigenvalue weighted by atomic mass is 9.73. The fourth-order valence-electron chi connectivity index (χ4n) is 4.21. The van der Waals surface area contributed by atoms with E-state index in [9.17, 15) is 33.0 Å². The average molecular weight is 559 g/mol. The van der Waals surface area contributed by atoms with E-state index in [0.29, 0.717) is 16.3 Å². The Morgan fingerprint density at radius 1 is 1.29 bits per heavy atom. The Balaban J connectivity index is 2.50. The number of nitrogens with two attached hydrogens (primary N) is 1. The number of cyclic esters (lactones) is 1. The molecule has 0 saturated carbocycles. The summed E-state index contributed by atoms with van der Waals surface area (Å²) in [4.78, 5) is 30.3. The van der Waals surface area contributed by atoms with E-state index in [1.807, 2.05) is 0 Å². The van der Waals surface area contributed by atoms with Crippen LogP contribution in [0, 0.1) is 17.3 Å². The van der Waals surface area contributed by atoms with Gasteiger partial charge in [0.05, 0.1) is 29.7 Å². The largest absolute Gasteiger partial charge is 0.457 e. The molecule has 0 fully saturated rings. The maximum atomic E-state index is 13.8. The number of alkyl halides is 3. The van der Waals surface area contributed by atoms with Crippen LogP contribution in [0.2, 0.25) is 0 Å². The summed E-state index contributed by atoms with van der Waals surface area (Å²) < 4.78 is 46.9. The molecule has 1 aromatic rings. The van der Waals surface area contributed by atoms with Gasteiger partial charge in [-0.1, -0.05) is 45.9 Å². The predicted molar refractivity (Wildman–Crippen MR) is 140 cm³/mol. The van der Waals surface area contributed by atoms with E-state index in [2.05, 4.69) is 4.98 Å². The van der Waals surface area contributed by atoms with Crippen molar-refractivity contribution in [2.75, 3.05) is 0 Å². The van der Waals surface area contributed by atoms with Crippen molar-refractivity contribution in [1.29, 1.82) is 0 Å². The number of esters is 1. The molecule has 1 aliphatic rings. The highest BCUT2D eigenvalue weighted by atomic mass is 32.1. The predicted octanol–water partition coefficient (Wildman–Crippen LogP) is 4.74. The molecule has 5 atom stereocenters. The number of aromatic nitrogens is 1. The molecular formula is C27H37F3N2O5S. The molecule has 38 heavy (non-hydrogen) atoms. The van der Waals surface area contributed by atoms with Gasteiger partial charge >= 0.3 is 12.1 Å². The van der Waals surface area contributed by atoms with Gasteiger partial charge in [-0.25, -0.2) is 4.98 Å². The van der Waals surface area contributed by atoms with Gasteiger partial charge in [0.1, 0.15) is 16.9 Å². The Kier molecular flexibility index (Phi) is 11.0. The number of halogens is 3. The number of allylic oxidation sites excluding steroid dienone is 2. The molecule has 1 aromatic heterocycles. The number of ketones is 1. The number of carbonyl (C=O) groups excluding carboxylic acids is 2. The molecule has 0 saturated heterocycles. The normalized spacial score (nSPS) is 30.9. The lowest BCUT2D eigenvalue weighted by Gasteiger charge is -2.34. The summed E-state index contributed by atoms with van der Waals surface area (Å²) in [7, 11) is 0. The van der Waals surface area contributed by atoms with Crippen molar-refractivity contribution in [3.63, 3.8) is 0 Å². The van der Waals surface area contributed by atoms with Gasteiger partial charge in [-0.05, 0) is 25.0 Å². The molecule has 0 amide bonds. The van der Waals surface area contributed by atoms with Gasteiger partial charge in [0.15, 0.2) is 0 Å². The van der Waals surface area contributed by atoms with Crippen molar-refractivity contribution in [1.82, 2.24) is 4.98 Å². The molecule has 0 aromatic carbocycles. The summed E-state index contributed by atoms with van der Waals surface area (Å²) in [6, 6.07) is 0. The third kappa shape index (κ3) is 8.33. The van der Waals surface area contributed by atoms with E-state index in [1.165, 1.54) is 44.3 Å². The third-order valence-electron chi connectivity index (χ3n) is 6.91. The van der Waals surface area contributed by atoms with E-state index in [-0.39, 0.29) is 13.0 Å². The summed E-state index contributed by atoms with van der Waals surface area (Å²) >= 11 is 1.33. The first-order valence-corrected chi connectivity index (χ1v) is 13.3. The number of thiazole rings is 1. The van der Waals surface area contributed by atoms with Gasteiger partial charge < -0.3 is 20.7 Å². The SMILES string of the molecule is C/C(=C\c1csc(CN)n1)[C@@H]1C/C=C(/C(F)(F)F)C/C=C/[C@H](C)[C@H](O)[C@@H](C)C(=O)C(C)(C)[C@@H](O)CC(=O)O1. The molecule has 1 aliphatic heterocycles. The van der Waals surface area contributed by atoms with Crippen molar-refractivity contribution >= 4 is 29.2 Å². The smallest absolute Gasteiger partial charge is 0.412 e. The minimum atomic E-state index is -4.63. The van der Waals surface area contributed by atoms with Crippen LogP contribution in [0.15, 0.2) is 34.8 Å². The molecular weight excluding hydrogens is 521 g/mol. The molecule has 4 N–H and O–H groups in total. The van der Waals surface area contributed by atoms with Crippen molar-refractivity contribution in [3.05, 3.63) is 45.5 Å². The zero-order valence-corrected chi connectivity index (χ0v) is 23.1. The quantitative estimate of drug-likeness (QED) is 0.362. The van der Waals surface area contributed by atoms with Crippen LogP contribution in [-0.2, 0) is 20.9 Å². The Morgan fingerprint density at radius 3 is 2.53 bits per heavy atom. The highest BCUT2D eigenvalue weighted by Gasteiger charge is 2.42. The van der Waals surface area contributed by atoms with Crippen molar-refractivity contribution in [2.45, 2.75) is 84.9 Å². The first kappa shape index (κ1) is 31.9. The van der Waals surface area contributed by atoms with Gasteiger partial charge in [0.25, 0.3) is 0 Å². The number of nitrogens with zero attached hydrogens (tertiary/aromatic N) is 1. The molecule has 0 aliphatic carbocycles. The van der Waals surface area contributed by atoms with E-state index in [1.54, 1.807) is 25.3 Å². The number of ether oxygens (including phenoxy) is 1. The van der Waals surface area contributed by atoms with Crippen LogP contribution in [0.5, 0.6) is 0 Å². The fourth-order valence-corrected chi connectivity index (χ4v) is 4.84. The monoisotopic (exact) mass is 558 g/mol. The second kappa shape index (κ2) is 13.1. The summed E-state index contributed by atoms with van der Waals surface area (Å²) in [5, 5.41) is 23.9. The molecule has 2 heterocycles. The lowest BCUT2D eigenvalue weighted by molar-refractivity contribution is -0.154. The second-order valence-electron chi connectivity index (χ2n) is 10.3. The van der Waals surface area contributed by atoms with Gasteiger partial charge in [-0.3, -0.25) is 9.59 Å². The van der Waals surface area contributed by atoms with Gasteiger partial charge in [-0.15, -0.1) is 11.3 Å². The summed E-state index contributed by atoms with van der Waals surface area (Å²) in [5.41, 5.74) is 4.37. The minimum absolute atomic E-state index is 0.238. The third-order valence-corrected chi connectivity index (χ3v) is 7.80. The standard InChI is InChI=1S/C27H37F3N2O5S/c1-15-7-6-8-18(27(28,29)30)9-10-20(16(2)11-19-14-38-22(13-31)32-19)37-23(34)12-21(33)26(4,5)25(36)17(3)24(15)35/h6-7,9,11,14-15,17,20-21,24,33,35H,8,10,12-13,31H2,1-5H3/b7-6+,16-11+,18-9+/t15-,17+,20-,21-,24-/m0/s1. The van der Waals surface area contributed by atoms with Gasteiger partial charge in [-0.2, -0.15) is 13.2 Å². The number of carbonyl (C=O) groups is 2. The topological polar surface area (TPSA) is 123 Å². The van der Waals surface area contributed by atoms with Gasteiger partial charge in [0.2, 0.25) is 0 Å². The van der Waals surface area contributed by atoms with E-state index in [0.717, 1.165) is 6.08 Å². The maximum absolute atomic E-state index is 13.8. The van der Waals surface area contributed by atoms with Crippen LogP contribution in [0.3, 0.4) is 0 Å². The van der Waals surface area contributed by atoms with Crippen LogP contribution in [-0.4, -0.2) is 51.4 Å². The summed E-state index contributed by atoms with van der Waals surface area (Å²) in [5.74, 6) is -2.90. The molecule has 212 valence electrons. The van der Waals surface area contributed by atoms with Gasteiger partial charge in [0, 0.05) is 35.8 Å². The van der Waals surface area contributed by atoms with Crippen molar-refractivity contribution in [3.8, 4) is 0 Å². The molecule has 0 bridgehead atoms. The number of hydrogen-bond donors (Lipinski definition) is 3. The van der Waals surface area contributed by atoms with Crippen LogP contribution < -0.4 is 5.73 Å². The molecule has 11 heteroatoms. The zero-order chi connectivity index (χ0) is 28.8. The van der Waals surface area contributed by atoms with E-state index < -0.39 is 71.9 Å². The molecule has 0 radical (unpaired) electrons. The van der Waals surface area contributed by atoms with Crippen molar-refractivity contribution < 1.29 is 37.7 Å². The number of rotatable bonds is 3. The Labute approximate surface area is 225 Å². The molecule has 2 rings (SSSR count). The molecule has 0 unspecified atom stereocenters. The highest BCUT2D eigenvalue weighted by molar-refractivity contribution is 7.09. The first-order valence-electron chi connectivity index (χ1n) is 12.4. The molecule has 0 spiro atoms. The van der Waals surface area contributed by atoms with Crippen molar-refractivity contribution in [2.24, 2.45) is 23.0 Å². The highest BCUT2D eigenvalue weighted by Crippen LogP contribution is 2.33. The Bertz CT molecular complexity index is 1080. The van der Waals surface area contributed by atoms with E-state index >= 15 is 0 Å². The number of aliphatic hydroxyl groups excluding tert-OH is 2. The summed E-state index contributed by atoms with van der Waals surface area (Å²) in [6.45, 7) is 7.92. The lowest BCUT2D eigenvalue weighted by Crippen LogP contribution is -2.45. The van der Waals surface area contributed by atoms with Crippen LogP contribution in [0.1, 0.15) is 64.6 Å². The average Bonchev–Trinajstić information content (AvgIpc) is 3.29. The number of aliphatic hydroxyl groups is 2. The Hall–Kier alpha value is -2.34. The number of hydrogen-bond acceptors (Lipinski definition) is 8. The Morgan fingerprint density at radius 2 is 1.95 bits per heavy atom. The van der Waals surface area contributed by atoms with Crippen LogP contribution in [0.25, 0.3) is 6.08 Å². The van der Waals surface area contributed by atoms with Crippen LogP contribution >= 0.6 is 11.3 Å². The number of Topliss-reactive ketones (excluding diaryl/α,β-unsaturated/α-hetero) is 1. The first-order chi connectivity index (χ1) is 17.6. The second-order valence-corrected chi connectivity index (χ2v) is 11.2. The zero-order valence-electron chi connectivity index (χ0n) is 22.3. The summed E-state index contributed by atoms with van der Waals surface area (Å²) in [6.07, 6.45) is -4.23. The minimum Gasteiger partial charge on any atom is -0.457 e. The maximum Gasteiger partial charge on any atom is 0.412 e. The fraction of sp³-hybridized carbons (Fsp3) is 0.593. The molecule has 7 nitrogen and oxygen atoms in total. The van der Waals surface area contributed by atoms with Crippen LogP contribution in [0.4, 0.5) is 13.2 Å². The van der Waals surface area contributed by atoms with E-state index in [4.69, 9.17) is 10.5 Å².